The highest BCUT2D eigenvalue weighted by atomic mass is 16.2. The minimum absolute atomic E-state index is 0.0818. The Balaban J connectivity index is 1.38. The summed E-state index contributed by atoms with van der Waals surface area (Å²) in [6.45, 7) is 7.66. The van der Waals surface area contributed by atoms with Gasteiger partial charge in [0.2, 0.25) is 0 Å². The average molecular weight is 358 g/mol. The van der Waals surface area contributed by atoms with E-state index in [4.69, 9.17) is 0 Å². The number of rotatable bonds is 6. The van der Waals surface area contributed by atoms with Gasteiger partial charge in [0.25, 0.3) is 5.91 Å². The minimum Gasteiger partial charge on any atom is -0.348 e. The molecule has 4 nitrogen and oxygen atoms in total. The predicted octanol–water partition coefficient (Wildman–Crippen LogP) is 0.321. The number of amides is 1. The molecular formula is C22H35N3O+2. The second-order valence-corrected chi connectivity index (χ2v) is 7.99. The normalized spacial score (nSPS) is 25.9. The molecule has 0 radical (unpaired) electrons. The van der Waals surface area contributed by atoms with Crippen molar-refractivity contribution in [1.82, 2.24) is 5.32 Å². The van der Waals surface area contributed by atoms with E-state index in [0.717, 1.165) is 32.7 Å². The molecule has 0 aromatic heterocycles. The summed E-state index contributed by atoms with van der Waals surface area (Å²) in [5.41, 5.74) is 1.27. The summed E-state index contributed by atoms with van der Waals surface area (Å²) in [4.78, 5) is 15.6. The van der Waals surface area contributed by atoms with Crippen molar-refractivity contribution in [3.8, 4) is 0 Å². The fraction of sp³-hybridized carbons (Fsp3) is 0.591. The van der Waals surface area contributed by atoms with E-state index >= 15 is 0 Å². The van der Waals surface area contributed by atoms with E-state index in [9.17, 15) is 4.79 Å². The molecule has 1 aliphatic carbocycles. The molecule has 1 saturated carbocycles. The number of nitrogens with one attached hydrogen (secondary N) is 3. The van der Waals surface area contributed by atoms with E-state index in [2.05, 4.69) is 54.7 Å². The quantitative estimate of drug-likeness (QED) is 0.674. The monoisotopic (exact) mass is 357 g/mol. The van der Waals surface area contributed by atoms with E-state index in [0.29, 0.717) is 6.04 Å². The van der Waals surface area contributed by atoms with Crippen molar-refractivity contribution >= 4 is 12.0 Å². The summed E-state index contributed by atoms with van der Waals surface area (Å²) in [5, 5.41) is 3.30. The molecule has 1 aromatic rings. The van der Waals surface area contributed by atoms with Crippen molar-refractivity contribution in [1.29, 1.82) is 0 Å². The van der Waals surface area contributed by atoms with Crippen LogP contribution in [0.2, 0.25) is 0 Å². The molecule has 142 valence electrons. The molecule has 1 aromatic carbocycles. The Kier molecular flexibility index (Phi) is 7.27. The van der Waals surface area contributed by atoms with Gasteiger partial charge < -0.3 is 15.1 Å². The molecule has 4 heteroatoms. The summed E-state index contributed by atoms with van der Waals surface area (Å²) < 4.78 is 0. The number of hydrogen-bond acceptors (Lipinski definition) is 1. The van der Waals surface area contributed by atoms with Gasteiger partial charge in [-0.2, -0.15) is 0 Å². The smallest absolute Gasteiger partial charge is 0.278 e. The van der Waals surface area contributed by atoms with Gasteiger partial charge >= 0.3 is 0 Å². The van der Waals surface area contributed by atoms with Crippen LogP contribution >= 0.6 is 0 Å². The topological polar surface area (TPSA) is 38.0 Å². The number of hydrogen-bond donors (Lipinski definition) is 3. The third-order valence-electron chi connectivity index (χ3n) is 6.07. The Labute approximate surface area is 158 Å². The first kappa shape index (κ1) is 19.1. The molecule has 1 atom stereocenters. The first-order valence-electron chi connectivity index (χ1n) is 10.4. The minimum atomic E-state index is 0.0818. The maximum atomic E-state index is 12.6. The average Bonchev–Trinajstić information content (AvgIpc) is 2.69. The summed E-state index contributed by atoms with van der Waals surface area (Å²) in [6.07, 6.45) is 10.7. The van der Waals surface area contributed by atoms with Crippen LogP contribution in [0.3, 0.4) is 0 Å². The van der Waals surface area contributed by atoms with E-state index < -0.39 is 0 Å². The van der Waals surface area contributed by atoms with E-state index in [1.54, 1.807) is 4.90 Å². The highest BCUT2D eigenvalue weighted by Gasteiger charge is 2.31. The van der Waals surface area contributed by atoms with Gasteiger partial charge in [-0.05, 0) is 31.4 Å². The first-order valence-corrected chi connectivity index (χ1v) is 10.4. The lowest BCUT2D eigenvalue weighted by Crippen LogP contribution is -3.30. The highest BCUT2D eigenvalue weighted by Crippen LogP contribution is 2.17. The van der Waals surface area contributed by atoms with Crippen molar-refractivity contribution < 1.29 is 14.6 Å². The van der Waals surface area contributed by atoms with Gasteiger partial charge in [0.05, 0.1) is 6.54 Å². The number of quaternary nitrogens is 2. The highest BCUT2D eigenvalue weighted by molar-refractivity contribution is 5.80. The Morgan fingerprint density at radius 1 is 1.12 bits per heavy atom. The van der Waals surface area contributed by atoms with Crippen LogP contribution in [0.15, 0.2) is 36.4 Å². The van der Waals surface area contributed by atoms with Gasteiger partial charge in [-0.25, -0.2) is 0 Å². The van der Waals surface area contributed by atoms with E-state index in [-0.39, 0.29) is 11.9 Å². The summed E-state index contributed by atoms with van der Waals surface area (Å²) in [7, 11) is 0. The van der Waals surface area contributed by atoms with Crippen molar-refractivity contribution in [2.45, 2.75) is 51.1 Å². The largest absolute Gasteiger partial charge is 0.348 e. The fourth-order valence-corrected chi connectivity index (χ4v) is 4.25. The molecule has 2 aliphatic rings. The molecular weight excluding hydrogens is 322 g/mol. The van der Waals surface area contributed by atoms with Gasteiger partial charge in [0.1, 0.15) is 26.2 Å². The molecule has 1 heterocycles. The lowest BCUT2D eigenvalue weighted by molar-refractivity contribution is -1.02. The fourth-order valence-electron chi connectivity index (χ4n) is 4.25. The van der Waals surface area contributed by atoms with E-state index in [1.165, 1.54) is 42.6 Å². The number of carbonyl (C=O) groups is 1. The van der Waals surface area contributed by atoms with Crippen LogP contribution in [-0.4, -0.2) is 50.7 Å². The summed E-state index contributed by atoms with van der Waals surface area (Å²) >= 11 is 0. The van der Waals surface area contributed by atoms with Crippen LogP contribution < -0.4 is 15.1 Å². The Bertz CT molecular complexity index is 572. The SMILES string of the molecule is C[C@@H](C(=O)NC1CCCCC1)[NH+]1CC[NH+](C/C=C/c2ccccc2)CC1. The van der Waals surface area contributed by atoms with Crippen LogP contribution in [0, 0.1) is 0 Å². The Hall–Kier alpha value is -1.65. The van der Waals surface area contributed by atoms with Gasteiger partial charge in [-0.3, -0.25) is 4.79 Å². The molecule has 0 unspecified atom stereocenters. The van der Waals surface area contributed by atoms with Crippen molar-refractivity contribution in [3.05, 3.63) is 42.0 Å². The van der Waals surface area contributed by atoms with Crippen LogP contribution in [0.4, 0.5) is 0 Å². The molecule has 0 spiro atoms. The lowest BCUT2D eigenvalue weighted by atomic mass is 9.95. The Morgan fingerprint density at radius 3 is 2.50 bits per heavy atom. The molecule has 3 rings (SSSR count). The maximum absolute atomic E-state index is 12.6. The predicted molar refractivity (Wildman–Crippen MR) is 106 cm³/mol. The first-order chi connectivity index (χ1) is 12.7. The van der Waals surface area contributed by atoms with Crippen LogP contribution in [0.5, 0.6) is 0 Å². The van der Waals surface area contributed by atoms with Gasteiger partial charge in [-0.15, -0.1) is 0 Å². The molecule has 26 heavy (non-hydrogen) atoms. The van der Waals surface area contributed by atoms with Crippen LogP contribution in [0.1, 0.15) is 44.6 Å². The van der Waals surface area contributed by atoms with Crippen molar-refractivity contribution in [2.75, 3.05) is 32.7 Å². The van der Waals surface area contributed by atoms with Gasteiger partial charge in [0, 0.05) is 6.04 Å². The zero-order valence-corrected chi connectivity index (χ0v) is 16.2. The lowest BCUT2D eigenvalue weighted by Gasteiger charge is -2.33. The van der Waals surface area contributed by atoms with Crippen molar-refractivity contribution in [3.63, 3.8) is 0 Å². The van der Waals surface area contributed by atoms with Crippen LogP contribution in [-0.2, 0) is 4.79 Å². The maximum Gasteiger partial charge on any atom is 0.278 e. The summed E-state index contributed by atoms with van der Waals surface area (Å²) in [6, 6.07) is 11.0. The molecule has 1 amide bonds. The third-order valence-corrected chi connectivity index (χ3v) is 6.07. The molecule has 1 aliphatic heterocycles. The zero-order chi connectivity index (χ0) is 18.2. The van der Waals surface area contributed by atoms with E-state index in [1.807, 2.05) is 0 Å². The number of benzene rings is 1. The number of piperazine rings is 1. The second kappa shape index (κ2) is 9.89. The van der Waals surface area contributed by atoms with Gasteiger partial charge in [-0.1, -0.05) is 55.7 Å². The van der Waals surface area contributed by atoms with Gasteiger partial charge in [0.15, 0.2) is 6.04 Å². The second-order valence-electron chi connectivity index (χ2n) is 7.99. The summed E-state index contributed by atoms with van der Waals surface area (Å²) in [5.74, 6) is 0.263. The zero-order valence-electron chi connectivity index (χ0n) is 16.2. The third kappa shape index (κ3) is 5.68. The number of carbonyl (C=O) groups excluding carboxylic acids is 1. The van der Waals surface area contributed by atoms with Crippen molar-refractivity contribution in [2.24, 2.45) is 0 Å². The molecule has 3 N–H and O–H groups in total. The molecule has 1 saturated heterocycles. The molecule has 0 bridgehead atoms. The molecule has 2 fully saturated rings. The standard InChI is InChI=1S/C22H33N3O/c1-19(22(26)23-21-12-6-3-7-13-21)25-17-15-24(16-18-25)14-8-11-20-9-4-2-5-10-20/h2,4-5,8-11,19,21H,3,6-7,12-18H2,1H3,(H,23,26)/p+2/b11-8+/t19-/m0/s1. The van der Waals surface area contributed by atoms with Crippen LogP contribution in [0.25, 0.3) is 6.08 Å². The Morgan fingerprint density at radius 2 is 1.81 bits per heavy atom.